The van der Waals surface area contributed by atoms with Gasteiger partial charge in [0.05, 0.1) is 6.61 Å². The zero-order valence-electron chi connectivity index (χ0n) is 16.5. The third kappa shape index (κ3) is 4.13. The van der Waals surface area contributed by atoms with Gasteiger partial charge in [-0.25, -0.2) is 8.78 Å². The summed E-state index contributed by atoms with van der Waals surface area (Å²) in [6.45, 7) is 3.81. The average molecular weight is 408 g/mol. The predicted octanol–water partition coefficient (Wildman–Crippen LogP) is 6.77. The van der Waals surface area contributed by atoms with E-state index in [2.05, 4.69) is 6.92 Å². The van der Waals surface area contributed by atoms with Crippen molar-refractivity contribution < 1.29 is 27.0 Å². The van der Waals surface area contributed by atoms with Crippen molar-refractivity contribution >= 4 is 0 Å². The van der Waals surface area contributed by atoms with Crippen LogP contribution in [0, 0.1) is 24.5 Å². The number of aryl methyl sites for hydroxylation is 1. The Morgan fingerprint density at radius 3 is 2.21 bits per heavy atom. The molecule has 1 aliphatic carbocycles. The third-order valence-corrected chi connectivity index (χ3v) is 6.02. The van der Waals surface area contributed by atoms with Crippen LogP contribution in [-0.4, -0.2) is 6.61 Å². The minimum atomic E-state index is -4.00. The molecule has 2 aromatic rings. The Balaban J connectivity index is 1.53. The molecule has 1 atom stereocenters. The van der Waals surface area contributed by atoms with E-state index in [1.54, 1.807) is 12.1 Å². The van der Waals surface area contributed by atoms with E-state index >= 15 is 0 Å². The van der Waals surface area contributed by atoms with E-state index < -0.39 is 29.4 Å². The lowest BCUT2D eigenvalue weighted by Crippen LogP contribution is -2.26. The minimum Gasteiger partial charge on any atom is -0.429 e. The molecule has 1 unspecified atom stereocenters. The molecule has 2 aromatic carbocycles. The van der Waals surface area contributed by atoms with Crippen molar-refractivity contribution in [2.24, 2.45) is 5.92 Å². The van der Waals surface area contributed by atoms with Crippen molar-refractivity contribution in [1.82, 2.24) is 0 Å². The molecule has 0 bridgehead atoms. The van der Waals surface area contributed by atoms with Crippen LogP contribution in [0.5, 0.6) is 5.75 Å². The Hall–Kier alpha value is -2.08. The number of rotatable bonds is 5. The Morgan fingerprint density at radius 1 is 1.00 bits per heavy atom. The number of benzene rings is 2. The van der Waals surface area contributed by atoms with Crippen molar-refractivity contribution in [1.29, 1.82) is 0 Å². The van der Waals surface area contributed by atoms with Gasteiger partial charge in [0.25, 0.3) is 0 Å². The van der Waals surface area contributed by atoms with Crippen LogP contribution < -0.4 is 4.74 Å². The normalized spacial score (nSPS) is 24.4. The van der Waals surface area contributed by atoms with Gasteiger partial charge in [-0.2, -0.15) is 8.78 Å². The molecule has 2 nitrogen and oxygen atoms in total. The van der Waals surface area contributed by atoms with Crippen LogP contribution in [0.2, 0.25) is 0 Å². The van der Waals surface area contributed by atoms with Crippen molar-refractivity contribution in [3.63, 3.8) is 0 Å². The molecule has 4 rings (SSSR count). The second-order valence-electron chi connectivity index (χ2n) is 8.25. The number of alkyl halides is 2. The molecule has 0 amide bonds. The number of halogens is 4. The fraction of sp³-hybridized carbons (Fsp3) is 0.478. The molecule has 1 saturated heterocycles. The molecule has 2 aliphatic rings. The van der Waals surface area contributed by atoms with Gasteiger partial charge in [-0.05, 0) is 60.9 Å². The maximum absolute atomic E-state index is 14.7. The Labute approximate surface area is 167 Å². The Kier molecular flexibility index (Phi) is 5.32. The van der Waals surface area contributed by atoms with Crippen LogP contribution in [0.4, 0.5) is 17.6 Å². The van der Waals surface area contributed by atoms with Gasteiger partial charge in [0.2, 0.25) is 0 Å². The molecule has 1 heterocycles. The third-order valence-electron chi connectivity index (χ3n) is 6.02. The standard InChI is InChI=1S/C23H24F4O2/c1-13-3-5-15(6-4-13)16-7-9-17(10-8-16)29-23(26,27)20-14(2)11-18(19-12-28-19)21(24)22(20)25/h7-11,13,15,19H,3-6,12H2,1-2H3. The molecule has 1 aliphatic heterocycles. The second kappa shape index (κ2) is 7.63. The summed E-state index contributed by atoms with van der Waals surface area (Å²) < 4.78 is 67.9. The van der Waals surface area contributed by atoms with E-state index in [0.29, 0.717) is 5.92 Å². The molecule has 1 saturated carbocycles. The van der Waals surface area contributed by atoms with E-state index in [9.17, 15) is 17.6 Å². The molecule has 0 radical (unpaired) electrons. The molecule has 6 heteroatoms. The molecular formula is C23H24F4O2. The second-order valence-corrected chi connectivity index (χ2v) is 8.25. The maximum atomic E-state index is 14.7. The topological polar surface area (TPSA) is 21.8 Å². The van der Waals surface area contributed by atoms with Crippen molar-refractivity contribution in [2.45, 2.75) is 57.7 Å². The first-order valence-electron chi connectivity index (χ1n) is 10.0. The largest absolute Gasteiger partial charge is 0.429 e. The lowest BCUT2D eigenvalue weighted by atomic mass is 9.79. The minimum absolute atomic E-state index is 0.0364. The summed E-state index contributed by atoms with van der Waals surface area (Å²) in [7, 11) is 0. The molecule has 156 valence electrons. The molecule has 0 aromatic heterocycles. The zero-order valence-corrected chi connectivity index (χ0v) is 16.5. The summed E-state index contributed by atoms with van der Waals surface area (Å²) in [6, 6.07) is 7.71. The van der Waals surface area contributed by atoms with E-state index in [1.165, 1.54) is 25.1 Å². The van der Waals surface area contributed by atoms with E-state index in [1.807, 2.05) is 0 Å². The lowest BCUT2D eigenvalue weighted by molar-refractivity contribution is -0.188. The highest BCUT2D eigenvalue weighted by atomic mass is 19.3. The van der Waals surface area contributed by atoms with Gasteiger partial charge in [-0.15, -0.1) is 0 Å². The molecule has 2 fully saturated rings. The van der Waals surface area contributed by atoms with E-state index in [-0.39, 0.29) is 23.5 Å². The number of hydrogen-bond acceptors (Lipinski definition) is 2. The van der Waals surface area contributed by atoms with Gasteiger partial charge in [0, 0.05) is 5.56 Å². The first-order chi connectivity index (χ1) is 13.8. The number of ether oxygens (including phenoxy) is 2. The first-order valence-corrected chi connectivity index (χ1v) is 10.0. The fourth-order valence-electron chi connectivity index (χ4n) is 4.20. The van der Waals surface area contributed by atoms with Gasteiger partial charge < -0.3 is 9.47 Å². The highest BCUT2D eigenvalue weighted by Gasteiger charge is 2.42. The van der Waals surface area contributed by atoms with Crippen LogP contribution in [0.25, 0.3) is 0 Å². The summed E-state index contributed by atoms with van der Waals surface area (Å²) in [4.78, 5) is 0. The van der Waals surface area contributed by atoms with Crippen molar-refractivity contribution in [3.05, 3.63) is 64.2 Å². The summed E-state index contributed by atoms with van der Waals surface area (Å²) in [5.74, 6) is -1.83. The average Bonchev–Trinajstić information content (AvgIpc) is 3.51. The quantitative estimate of drug-likeness (QED) is 0.402. The molecule has 0 N–H and O–H groups in total. The summed E-state index contributed by atoms with van der Waals surface area (Å²) in [5, 5.41) is 0. The van der Waals surface area contributed by atoms with Crippen LogP contribution >= 0.6 is 0 Å². The first kappa shape index (κ1) is 20.2. The summed E-state index contributed by atoms with van der Waals surface area (Å²) in [6.07, 6.45) is -0.0851. The Morgan fingerprint density at radius 2 is 1.62 bits per heavy atom. The van der Waals surface area contributed by atoms with Crippen LogP contribution in [-0.2, 0) is 10.8 Å². The molecule has 0 spiro atoms. The lowest BCUT2D eigenvalue weighted by Gasteiger charge is -2.27. The highest BCUT2D eigenvalue weighted by molar-refractivity contribution is 5.39. The van der Waals surface area contributed by atoms with Gasteiger partial charge in [0.15, 0.2) is 11.6 Å². The van der Waals surface area contributed by atoms with Crippen molar-refractivity contribution in [3.8, 4) is 5.75 Å². The SMILES string of the molecule is Cc1cc(C2CO2)c(F)c(F)c1C(F)(F)Oc1ccc(C2CCC(C)CC2)cc1. The number of hydrogen-bond donors (Lipinski definition) is 0. The maximum Gasteiger partial charge on any atom is 0.429 e. The summed E-state index contributed by atoms with van der Waals surface area (Å²) >= 11 is 0. The number of epoxide rings is 1. The van der Waals surface area contributed by atoms with Gasteiger partial charge in [0.1, 0.15) is 17.4 Å². The van der Waals surface area contributed by atoms with Gasteiger partial charge in [-0.3, -0.25) is 0 Å². The van der Waals surface area contributed by atoms with E-state index in [4.69, 9.17) is 9.47 Å². The zero-order chi connectivity index (χ0) is 20.8. The summed E-state index contributed by atoms with van der Waals surface area (Å²) in [5.41, 5.74) is -0.0995. The van der Waals surface area contributed by atoms with Crippen LogP contribution in [0.1, 0.15) is 66.9 Å². The van der Waals surface area contributed by atoms with Gasteiger partial charge >= 0.3 is 6.11 Å². The smallest absolute Gasteiger partial charge is 0.429 e. The molecular weight excluding hydrogens is 384 g/mol. The highest BCUT2D eigenvalue weighted by Crippen LogP contribution is 2.41. The fourth-order valence-corrected chi connectivity index (χ4v) is 4.20. The van der Waals surface area contributed by atoms with Crippen molar-refractivity contribution in [2.75, 3.05) is 6.61 Å². The van der Waals surface area contributed by atoms with Crippen LogP contribution in [0.15, 0.2) is 30.3 Å². The van der Waals surface area contributed by atoms with E-state index in [0.717, 1.165) is 37.2 Å². The monoisotopic (exact) mass is 408 g/mol. The molecule has 29 heavy (non-hydrogen) atoms. The Bertz CT molecular complexity index is 883. The predicted molar refractivity (Wildman–Crippen MR) is 101 cm³/mol. The van der Waals surface area contributed by atoms with Gasteiger partial charge in [-0.1, -0.05) is 31.9 Å². The van der Waals surface area contributed by atoms with Crippen LogP contribution in [0.3, 0.4) is 0 Å².